The fourth-order valence-corrected chi connectivity index (χ4v) is 2.16. The van der Waals surface area contributed by atoms with E-state index in [0.717, 1.165) is 13.0 Å². The third-order valence-electron chi connectivity index (χ3n) is 2.03. The molecule has 0 aromatic rings. The van der Waals surface area contributed by atoms with E-state index < -0.39 is 10.0 Å². The molecule has 2 N–H and O–H groups in total. The lowest BCUT2D eigenvalue weighted by Crippen LogP contribution is -2.35. The van der Waals surface area contributed by atoms with Gasteiger partial charge in [-0.1, -0.05) is 13.8 Å². The molecule has 5 nitrogen and oxygen atoms in total. The van der Waals surface area contributed by atoms with Crippen molar-refractivity contribution in [3.8, 4) is 0 Å². The maximum absolute atomic E-state index is 11.5. The fourth-order valence-electron chi connectivity index (χ4n) is 1.18. The predicted molar refractivity (Wildman–Crippen MR) is 68.1 cm³/mol. The first-order valence-electron chi connectivity index (χ1n) is 5.69. The quantitative estimate of drug-likeness (QED) is 0.560. The van der Waals surface area contributed by atoms with E-state index in [-0.39, 0.29) is 5.75 Å². The van der Waals surface area contributed by atoms with Gasteiger partial charge in [0.15, 0.2) is 0 Å². The normalized spacial score (nSPS) is 12.6. The van der Waals surface area contributed by atoms with E-state index in [2.05, 4.69) is 10.0 Å². The van der Waals surface area contributed by atoms with Gasteiger partial charge in [-0.15, -0.1) is 0 Å². The van der Waals surface area contributed by atoms with E-state index in [1.165, 1.54) is 0 Å². The molecule has 0 aromatic heterocycles. The summed E-state index contributed by atoms with van der Waals surface area (Å²) in [4.78, 5) is 2.04. The lowest BCUT2D eigenvalue weighted by molar-refractivity contribution is 0.400. The molecule has 0 saturated heterocycles. The standard InChI is InChI=1S/C10H25N3O2S/c1-10(2)11-7-9-16(14,15)12-6-5-8-13(3)4/h10-12H,5-9H2,1-4H3. The highest BCUT2D eigenvalue weighted by Crippen LogP contribution is 1.87. The summed E-state index contributed by atoms with van der Waals surface area (Å²) in [6, 6.07) is 0.323. The number of hydrogen-bond acceptors (Lipinski definition) is 4. The molecule has 0 saturated carbocycles. The van der Waals surface area contributed by atoms with Crippen molar-refractivity contribution in [2.75, 3.05) is 39.5 Å². The topological polar surface area (TPSA) is 61.4 Å². The first kappa shape index (κ1) is 15.8. The molecule has 0 rings (SSSR count). The van der Waals surface area contributed by atoms with Crippen LogP contribution in [0, 0.1) is 0 Å². The summed E-state index contributed by atoms with van der Waals surface area (Å²) in [5.74, 6) is 0.146. The largest absolute Gasteiger partial charge is 0.313 e. The zero-order valence-electron chi connectivity index (χ0n) is 10.8. The molecule has 98 valence electrons. The second-order valence-electron chi connectivity index (χ2n) is 4.48. The van der Waals surface area contributed by atoms with Gasteiger partial charge in [-0.05, 0) is 27.1 Å². The molecule has 0 aromatic carbocycles. The van der Waals surface area contributed by atoms with Crippen molar-refractivity contribution in [2.45, 2.75) is 26.3 Å². The molecule has 0 atom stereocenters. The van der Waals surface area contributed by atoms with Crippen LogP contribution in [0.4, 0.5) is 0 Å². The summed E-state index contributed by atoms with van der Waals surface area (Å²) >= 11 is 0. The Kier molecular flexibility index (Phi) is 7.91. The minimum absolute atomic E-state index is 0.146. The zero-order valence-corrected chi connectivity index (χ0v) is 11.6. The van der Waals surface area contributed by atoms with Crippen LogP contribution in [0.2, 0.25) is 0 Å². The Hall–Kier alpha value is -0.170. The number of rotatable bonds is 9. The lowest BCUT2D eigenvalue weighted by atomic mass is 10.4. The van der Waals surface area contributed by atoms with E-state index in [9.17, 15) is 8.42 Å². The third-order valence-corrected chi connectivity index (χ3v) is 3.41. The van der Waals surface area contributed by atoms with E-state index in [1.54, 1.807) is 0 Å². The van der Waals surface area contributed by atoms with Crippen LogP contribution >= 0.6 is 0 Å². The van der Waals surface area contributed by atoms with Crippen molar-refractivity contribution in [3.63, 3.8) is 0 Å². The van der Waals surface area contributed by atoms with Gasteiger partial charge in [-0.2, -0.15) is 0 Å². The van der Waals surface area contributed by atoms with Crippen LogP contribution in [-0.2, 0) is 10.0 Å². The van der Waals surface area contributed by atoms with Gasteiger partial charge in [0.25, 0.3) is 0 Å². The lowest BCUT2D eigenvalue weighted by Gasteiger charge is -2.11. The maximum atomic E-state index is 11.5. The second kappa shape index (κ2) is 8.00. The molecule has 0 aliphatic heterocycles. The van der Waals surface area contributed by atoms with Gasteiger partial charge in [0.2, 0.25) is 10.0 Å². The summed E-state index contributed by atoms with van der Waals surface area (Å²) in [5, 5.41) is 3.08. The zero-order chi connectivity index (χ0) is 12.6. The van der Waals surface area contributed by atoms with Crippen LogP contribution in [0.5, 0.6) is 0 Å². The molecule has 0 radical (unpaired) electrons. The van der Waals surface area contributed by atoms with Crippen molar-refractivity contribution in [3.05, 3.63) is 0 Å². The average Bonchev–Trinajstić information content (AvgIpc) is 2.11. The number of nitrogens with one attached hydrogen (secondary N) is 2. The van der Waals surface area contributed by atoms with Gasteiger partial charge in [0.05, 0.1) is 5.75 Å². The fraction of sp³-hybridized carbons (Fsp3) is 1.00. The summed E-state index contributed by atoms with van der Waals surface area (Å²) in [7, 11) is 0.840. The van der Waals surface area contributed by atoms with Crippen molar-refractivity contribution < 1.29 is 8.42 Å². The first-order chi connectivity index (χ1) is 7.33. The van der Waals surface area contributed by atoms with Crippen molar-refractivity contribution in [2.24, 2.45) is 0 Å². The molecule has 6 heteroatoms. The second-order valence-corrected chi connectivity index (χ2v) is 6.41. The third kappa shape index (κ3) is 10.4. The van der Waals surface area contributed by atoms with Crippen molar-refractivity contribution in [1.29, 1.82) is 0 Å². The number of nitrogens with zero attached hydrogens (tertiary/aromatic N) is 1. The van der Waals surface area contributed by atoms with Crippen LogP contribution in [0.15, 0.2) is 0 Å². The molecular formula is C10H25N3O2S. The van der Waals surface area contributed by atoms with Crippen LogP contribution in [0.3, 0.4) is 0 Å². The molecule has 0 heterocycles. The monoisotopic (exact) mass is 251 g/mol. The average molecular weight is 251 g/mol. The van der Waals surface area contributed by atoms with Gasteiger partial charge in [-0.3, -0.25) is 0 Å². The molecule has 16 heavy (non-hydrogen) atoms. The van der Waals surface area contributed by atoms with Gasteiger partial charge in [-0.25, -0.2) is 13.1 Å². The molecule has 0 aliphatic carbocycles. The molecule has 0 unspecified atom stereocenters. The highest BCUT2D eigenvalue weighted by Gasteiger charge is 2.08. The van der Waals surface area contributed by atoms with Gasteiger partial charge >= 0.3 is 0 Å². The first-order valence-corrected chi connectivity index (χ1v) is 7.34. The highest BCUT2D eigenvalue weighted by molar-refractivity contribution is 7.89. The molecule has 0 spiro atoms. The Morgan fingerprint density at radius 3 is 2.31 bits per heavy atom. The summed E-state index contributed by atoms with van der Waals surface area (Å²) in [6.07, 6.45) is 0.837. The van der Waals surface area contributed by atoms with Crippen LogP contribution in [0.25, 0.3) is 0 Å². The van der Waals surface area contributed by atoms with Gasteiger partial charge < -0.3 is 10.2 Å². The molecule has 0 fully saturated rings. The Morgan fingerprint density at radius 2 is 1.81 bits per heavy atom. The molecular weight excluding hydrogens is 226 g/mol. The van der Waals surface area contributed by atoms with Crippen LogP contribution in [-0.4, -0.2) is 58.8 Å². The van der Waals surface area contributed by atoms with Crippen molar-refractivity contribution >= 4 is 10.0 Å². The summed E-state index contributed by atoms with van der Waals surface area (Å²) < 4.78 is 25.6. The van der Waals surface area contributed by atoms with E-state index in [0.29, 0.717) is 19.1 Å². The summed E-state index contributed by atoms with van der Waals surface area (Å²) in [6.45, 7) is 5.91. The predicted octanol–water partition coefficient (Wildman–Crippen LogP) is -0.144. The van der Waals surface area contributed by atoms with Gasteiger partial charge in [0, 0.05) is 19.1 Å². The molecule has 0 aliphatic rings. The van der Waals surface area contributed by atoms with Crippen LogP contribution in [0.1, 0.15) is 20.3 Å². The van der Waals surface area contributed by atoms with E-state index in [1.807, 2.05) is 32.8 Å². The Morgan fingerprint density at radius 1 is 1.19 bits per heavy atom. The van der Waals surface area contributed by atoms with Crippen molar-refractivity contribution in [1.82, 2.24) is 14.9 Å². The minimum atomic E-state index is -3.11. The smallest absolute Gasteiger partial charge is 0.212 e. The summed E-state index contributed by atoms with van der Waals surface area (Å²) in [5.41, 5.74) is 0. The highest BCUT2D eigenvalue weighted by atomic mass is 32.2. The van der Waals surface area contributed by atoms with E-state index >= 15 is 0 Å². The van der Waals surface area contributed by atoms with E-state index in [4.69, 9.17) is 0 Å². The number of hydrogen-bond donors (Lipinski definition) is 2. The minimum Gasteiger partial charge on any atom is -0.313 e. The SMILES string of the molecule is CC(C)NCCS(=O)(=O)NCCCN(C)C. The molecule has 0 amide bonds. The van der Waals surface area contributed by atoms with Crippen LogP contribution < -0.4 is 10.0 Å². The Balaban J connectivity index is 3.63. The maximum Gasteiger partial charge on any atom is 0.212 e. The Labute approximate surface area is 99.6 Å². The number of sulfonamides is 1. The van der Waals surface area contributed by atoms with Gasteiger partial charge in [0.1, 0.15) is 0 Å². The molecule has 0 bridgehead atoms. The Bertz CT molecular complexity index is 263.